The average Bonchev–Trinajstić information content (AvgIpc) is 2.56. The summed E-state index contributed by atoms with van der Waals surface area (Å²) in [6, 6.07) is 3.95. The second kappa shape index (κ2) is 5.20. The summed E-state index contributed by atoms with van der Waals surface area (Å²) in [7, 11) is 1.94. The van der Waals surface area contributed by atoms with Crippen molar-refractivity contribution >= 4 is 15.9 Å². The van der Waals surface area contributed by atoms with Crippen LogP contribution in [0.25, 0.3) is 0 Å². The van der Waals surface area contributed by atoms with Gasteiger partial charge >= 0.3 is 0 Å². The highest BCUT2D eigenvalue weighted by molar-refractivity contribution is 9.10. The number of nitrogens with two attached hydrogens (primary N) is 1. The molecule has 0 bridgehead atoms. The Morgan fingerprint density at radius 3 is 2.72 bits per heavy atom. The molecule has 96 valence electrons. The highest BCUT2D eigenvalue weighted by Crippen LogP contribution is 2.24. The normalized spacial score (nSPS) is 12.7. The summed E-state index contributed by atoms with van der Waals surface area (Å²) >= 11 is 3.57. The molecule has 0 amide bonds. The van der Waals surface area contributed by atoms with Gasteiger partial charge in [-0.15, -0.1) is 0 Å². The second-order valence-corrected chi connectivity index (χ2v) is 5.30. The van der Waals surface area contributed by atoms with Crippen molar-refractivity contribution in [3.63, 3.8) is 0 Å². The highest BCUT2D eigenvalue weighted by atomic mass is 79.9. The highest BCUT2D eigenvalue weighted by Gasteiger charge is 2.15. The number of pyridine rings is 1. The van der Waals surface area contributed by atoms with E-state index < -0.39 is 0 Å². The van der Waals surface area contributed by atoms with E-state index in [0.717, 1.165) is 33.5 Å². The van der Waals surface area contributed by atoms with Gasteiger partial charge in [0.1, 0.15) is 0 Å². The molecule has 2 heterocycles. The van der Waals surface area contributed by atoms with Gasteiger partial charge in [0.15, 0.2) is 0 Å². The minimum atomic E-state index is -0.0437. The monoisotopic (exact) mass is 308 g/mol. The van der Waals surface area contributed by atoms with Crippen molar-refractivity contribution in [1.82, 2.24) is 14.8 Å². The molecule has 2 aromatic rings. The van der Waals surface area contributed by atoms with Crippen LogP contribution in [0, 0.1) is 13.8 Å². The molecule has 18 heavy (non-hydrogen) atoms. The van der Waals surface area contributed by atoms with Gasteiger partial charge < -0.3 is 5.73 Å². The van der Waals surface area contributed by atoms with Crippen molar-refractivity contribution in [2.24, 2.45) is 12.8 Å². The number of aryl methyl sites for hydroxylation is 3. The van der Waals surface area contributed by atoms with Crippen LogP contribution in [0.3, 0.4) is 0 Å². The number of rotatable bonds is 3. The van der Waals surface area contributed by atoms with Crippen LogP contribution in [-0.2, 0) is 13.5 Å². The first-order chi connectivity index (χ1) is 8.49. The van der Waals surface area contributed by atoms with Crippen LogP contribution < -0.4 is 5.73 Å². The first-order valence-corrected chi connectivity index (χ1v) is 6.64. The summed E-state index contributed by atoms with van der Waals surface area (Å²) in [5.41, 5.74) is 10.5. The minimum Gasteiger partial charge on any atom is -0.324 e. The fourth-order valence-electron chi connectivity index (χ4n) is 2.03. The van der Waals surface area contributed by atoms with E-state index in [1.54, 1.807) is 6.20 Å². The van der Waals surface area contributed by atoms with Gasteiger partial charge in [0.05, 0.1) is 15.9 Å². The third-order valence-electron chi connectivity index (χ3n) is 3.02. The summed E-state index contributed by atoms with van der Waals surface area (Å²) in [6.45, 7) is 3.95. The van der Waals surface area contributed by atoms with E-state index in [9.17, 15) is 0 Å². The molecule has 2 aromatic heterocycles. The Balaban J connectivity index is 2.24. The predicted molar refractivity (Wildman–Crippen MR) is 75.3 cm³/mol. The molecule has 0 saturated carbocycles. The van der Waals surface area contributed by atoms with Crippen molar-refractivity contribution in [3.05, 3.63) is 45.4 Å². The largest absolute Gasteiger partial charge is 0.324 e. The Bertz CT molecular complexity index is 562. The minimum absolute atomic E-state index is 0.0437. The zero-order valence-electron chi connectivity index (χ0n) is 10.8. The molecule has 5 heteroatoms. The molecule has 0 aliphatic rings. The number of aromatic nitrogens is 3. The van der Waals surface area contributed by atoms with Crippen LogP contribution in [-0.4, -0.2) is 14.8 Å². The molecular formula is C13H17BrN4. The Hall–Kier alpha value is -1.20. The molecule has 0 aliphatic heterocycles. The third kappa shape index (κ3) is 2.62. The zero-order valence-corrected chi connectivity index (χ0v) is 12.4. The maximum absolute atomic E-state index is 6.25. The lowest BCUT2D eigenvalue weighted by Crippen LogP contribution is -2.16. The molecule has 1 atom stereocenters. The van der Waals surface area contributed by atoms with Crippen molar-refractivity contribution < 1.29 is 0 Å². The van der Waals surface area contributed by atoms with Gasteiger partial charge in [-0.1, -0.05) is 0 Å². The number of hydrogen-bond donors (Lipinski definition) is 1. The molecule has 2 rings (SSSR count). The van der Waals surface area contributed by atoms with Gasteiger partial charge in [-0.2, -0.15) is 5.10 Å². The fourth-order valence-corrected chi connectivity index (χ4v) is 2.52. The van der Waals surface area contributed by atoms with Gasteiger partial charge in [0.25, 0.3) is 0 Å². The summed E-state index contributed by atoms with van der Waals surface area (Å²) in [5, 5.41) is 4.38. The van der Waals surface area contributed by atoms with E-state index in [2.05, 4.69) is 26.0 Å². The van der Waals surface area contributed by atoms with Crippen LogP contribution in [0.1, 0.15) is 28.7 Å². The molecule has 0 fully saturated rings. The maximum Gasteiger partial charge on any atom is 0.0738 e. The van der Waals surface area contributed by atoms with Gasteiger partial charge in [-0.3, -0.25) is 9.67 Å². The van der Waals surface area contributed by atoms with Crippen LogP contribution in [0.15, 0.2) is 22.8 Å². The molecule has 4 nitrogen and oxygen atoms in total. The zero-order chi connectivity index (χ0) is 13.3. The van der Waals surface area contributed by atoms with E-state index in [4.69, 9.17) is 5.73 Å². The topological polar surface area (TPSA) is 56.7 Å². The van der Waals surface area contributed by atoms with Crippen LogP contribution in [0.4, 0.5) is 0 Å². The summed E-state index contributed by atoms with van der Waals surface area (Å²) in [4.78, 5) is 4.19. The number of nitrogens with zero attached hydrogens (tertiary/aromatic N) is 3. The molecule has 0 radical (unpaired) electrons. The van der Waals surface area contributed by atoms with Crippen molar-refractivity contribution in [2.45, 2.75) is 26.3 Å². The van der Waals surface area contributed by atoms with E-state index in [-0.39, 0.29) is 6.04 Å². The average molecular weight is 309 g/mol. The van der Waals surface area contributed by atoms with E-state index in [1.165, 1.54) is 0 Å². The SMILES string of the molecule is Cc1cc(C(N)Cc2c(Br)c(C)nn2C)ccn1. The molecule has 0 spiro atoms. The Morgan fingerprint density at radius 2 is 2.17 bits per heavy atom. The molecular weight excluding hydrogens is 292 g/mol. The molecule has 0 aliphatic carbocycles. The summed E-state index contributed by atoms with van der Waals surface area (Å²) < 4.78 is 2.93. The van der Waals surface area contributed by atoms with E-state index in [1.807, 2.05) is 37.7 Å². The van der Waals surface area contributed by atoms with Crippen LogP contribution in [0.5, 0.6) is 0 Å². The third-order valence-corrected chi connectivity index (χ3v) is 4.06. The lowest BCUT2D eigenvalue weighted by atomic mass is 10.0. The van der Waals surface area contributed by atoms with Crippen LogP contribution >= 0.6 is 15.9 Å². The number of hydrogen-bond acceptors (Lipinski definition) is 3. The molecule has 1 unspecified atom stereocenters. The first kappa shape index (κ1) is 13.2. The Kier molecular flexibility index (Phi) is 3.82. The quantitative estimate of drug-likeness (QED) is 0.947. The first-order valence-electron chi connectivity index (χ1n) is 5.85. The predicted octanol–water partition coefficient (Wildman–Crippen LogP) is 2.44. The van der Waals surface area contributed by atoms with Gasteiger partial charge in [0, 0.05) is 31.4 Å². The van der Waals surface area contributed by atoms with Crippen molar-refractivity contribution in [3.8, 4) is 0 Å². The lowest BCUT2D eigenvalue weighted by Gasteiger charge is -2.13. The molecule has 2 N–H and O–H groups in total. The second-order valence-electron chi connectivity index (χ2n) is 4.51. The van der Waals surface area contributed by atoms with Crippen LogP contribution in [0.2, 0.25) is 0 Å². The summed E-state index contributed by atoms with van der Waals surface area (Å²) in [6.07, 6.45) is 2.55. The molecule has 0 saturated heterocycles. The fraction of sp³-hybridized carbons (Fsp3) is 0.385. The van der Waals surface area contributed by atoms with Crippen molar-refractivity contribution in [1.29, 1.82) is 0 Å². The smallest absolute Gasteiger partial charge is 0.0738 e. The van der Waals surface area contributed by atoms with E-state index in [0.29, 0.717) is 0 Å². The maximum atomic E-state index is 6.25. The summed E-state index contributed by atoms with van der Waals surface area (Å²) in [5.74, 6) is 0. The van der Waals surface area contributed by atoms with E-state index >= 15 is 0 Å². The Labute approximate surface area is 115 Å². The number of halogens is 1. The lowest BCUT2D eigenvalue weighted by molar-refractivity contribution is 0.637. The van der Waals surface area contributed by atoms with Gasteiger partial charge in [-0.25, -0.2) is 0 Å². The van der Waals surface area contributed by atoms with Gasteiger partial charge in [-0.05, 0) is 47.5 Å². The standard InChI is InChI=1S/C13H17BrN4/c1-8-6-10(4-5-16-8)11(15)7-12-13(14)9(2)17-18(12)3/h4-6,11H,7,15H2,1-3H3. The Morgan fingerprint density at radius 1 is 1.44 bits per heavy atom. The van der Waals surface area contributed by atoms with Gasteiger partial charge in [0.2, 0.25) is 0 Å². The van der Waals surface area contributed by atoms with Crippen molar-refractivity contribution in [2.75, 3.05) is 0 Å². The molecule has 0 aromatic carbocycles.